The van der Waals surface area contributed by atoms with E-state index in [9.17, 15) is 4.55 Å². The number of aromatic nitrogens is 4. The zero-order valence-corrected chi connectivity index (χ0v) is 16.8. The zero-order valence-electron chi connectivity index (χ0n) is 14.4. The fraction of sp³-hybridized carbons (Fsp3) is 0.105. The highest BCUT2D eigenvalue weighted by Gasteiger charge is 2.20. The fourth-order valence-corrected chi connectivity index (χ4v) is 3.62. The van der Waals surface area contributed by atoms with Gasteiger partial charge in [0.05, 0.1) is 6.20 Å². The number of fused-ring (bicyclic) bond motifs is 1. The molecule has 1 unspecified atom stereocenters. The van der Waals surface area contributed by atoms with Gasteiger partial charge in [-0.1, -0.05) is 51.4 Å². The minimum Gasteiger partial charge on any atom is -0.609 e. The van der Waals surface area contributed by atoms with Gasteiger partial charge < -0.3 is 9.29 Å². The number of hydrogen-bond donors (Lipinski definition) is 0. The van der Waals surface area contributed by atoms with Crippen molar-refractivity contribution in [2.45, 2.75) is 11.8 Å². The van der Waals surface area contributed by atoms with Crippen LogP contribution < -0.4 is 4.74 Å². The number of nitrogens with zero attached hydrogens (tertiary/aromatic N) is 4. The Hall–Kier alpha value is -2.42. The Labute approximate surface area is 167 Å². The normalized spacial score (nSPS) is 12.3. The standard InChI is InChI=1S/C19H15BrN4O2S/c1-27(25)19-23-22-18(16-9-10-21-24(16)19)15-8-7-14(20)11-17(15)26-12-13-5-3-2-4-6-13/h2-11H,12H2,1H3. The van der Waals surface area contributed by atoms with Crippen molar-refractivity contribution in [3.63, 3.8) is 0 Å². The van der Waals surface area contributed by atoms with Crippen LogP contribution in [0.2, 0.25) is 0 Å². The first-order chi connectivity index (χ1) is 13.1. The summed E-state index contributed by atoms with van der Waals surface area (Å²) in [6, 6.07) is 17.5. The third kappa shape index (κ3) is 3.69. The molecule has 0 fully saturated rings. The van der Waals surface area contributed by atoms with Crippen LogP contribution in [-0.4, -0.2) is 30.6 Å². The van der Waals surface area contributed by atoms with E-state index >= 15 is 0 Å². The molecule has 27 heavy (non-hydrogen) atoms. The van der Waals surface area contributed by atoms with Crippen LogP contribution in [0.15, 0.2) is 70.4 Å². The summed E-state index contributed by atoms with van der Waals surface area (Å²) in [5.41, 5.74) is 3.21. The molecule has 8 heteroatoms. The van der Waals surface area contributed by atoms with Gasteiger partial charge >= 0.3 is 5.16 Å². The molecule has 4 rings (SSSR count). The van der Waals surface area contributed by atoms with Gasteiger partial charge in [0.2, 0.25) is 0 Å². The summed E-state index contributed by atoms with van der Waals surface area (Å²) in [7, 11) is 0. The van der Waals surface area contributed by atoms with E-state index in [-0.39, 0.29) is 0 Å². The molecule has 0 spiro atoms. The van der Waals surface area contributed by atoms with Crippen LogP contribution in [0.3, 0.4) is 0 Å². The Morgan fingerprint density at radius 2 is 1.93 bits per heavy atom. The third-order valence-electron chi connectivity index (χ3n) is 4.00. The predicted octanol–water partition coefficient (Wildman–Crippen LogP) is 3.87. The van der Waals surface area contributed by atoms with Gasteiger partial charge in [-0.25, -0.2) is 0 Å². The van der Waals surface area contributed by atoms with Crippen molar-refractivity contribution in [2.75, 3.05) is 6.26 Å². The summed E-state index contributed by atoms with van der Waals surface area (Å²) >= 11 is 2.20. The molecule has 0 aliphatic rings. The number of benzene rings is 2. The van der Waals surface area contributed by atoms with E-state index in [0.717, 1.165) is 21.1 Å². The van der Waals surface area contributed by atoms with E-state index in [1.54, 1.807) is 17.0 Å². The minimum atomic E-state index is -1.30. The van der Waals surface area contributed by atoms with Gasteiger partial charge in [-0.3, -0.25) is 0 Å². The molecule has 136 valence electrons. The monoisotopic (exact) mass is 442 g/mol. The van der Waals surface area contributed by atoms with Crippen molar-refractivity contribution < 1.29 is 9.29 Å². The lowest BCUT2D eigenvalue weighted by Crippen LogP contribution is -2.11. The Morgan fingerprint density at radius 1 is 1.11 bits per heavy atom. The van der Waals surface area contributed by atoms with Crippen LogP contribution in [0.25, 0.3) is 16.8 Å². The maximum atomic E-state index is 11.9. The second kappa shape index (κ2) is 7.67. The number of rotatable bonds is 5. The Balaban J connectivity index is 1.77. The highest BCUT2D eigenvalue weighted by atomic mass is 79.9. The molecule has 0 aliphatic carbocycles. The molecular weight excluding hydrogens is 428 g/mol. The van der Waals surface area contributed by atoms with E-state index in [2.05, 4.69) is 31.2 Å². The van der Waals surface area contributed by atoms with Gasteiger partial charge in [-0.15, -0.1) is 5.10 Å². The van der Waals surface area contributed by atoms with Gasteiger partial charge in [-0.2, -0.15) is 9.61 Å². The highest BCUT2D eigenvalue weighted by Crippen LogP contribution is 2.34. The van der Waals surface area contributed by atoms with E-state index < -0.39 is 11.2 Å². The SMILES string of the molecule is C[S+]([O-])c1nnc(-c2ccc(Br)cc2OCc2ccccc2)c2ccnn12. The van der Waals surface area contributed by atoms with Crippen molar-refractivity contribution in [3.8, 4) is 17.0 Å². The molecule has 2 aromatic carbocycles. The predicted molar refractivity (Wildman–Crippen MR) is 107 cm³/mol. The van der Waals surface area contributed by atoms with Crippen LogP contribution in [0.4, 0.5) is 0 Å². The van der Waals surface area contributed by atoms with Crippen LogP contribution in [0.5, 0.6) is 5.75 Å². The fourth-order valence-electron chi connectivity index (χ4n) is 2.74. The number of hydrogen-bond acceptors (Lipinski definition) is 5. The lowest BCUT2D eigenvalue weighted by Gasteiger charge is -2.13. The number of halogens is 1. The molecule has 1 atom stereocenters. The van der Waals surface area contributed by atoms with Gasteiger partial charge in [0.1, 0.15) is 29.8 Å². The lowest BCUT2D eigenvalue weighted by molar-refractivity contribution is 0.307. The molecule has 6 nitrogen and oxygen atoms in total. The van der Waals surface area contributed by atoms with Crippen molar-refractivity contribution in [1.82, 2.24) is 19.8 Å². The Morgan fingerprint density at radius 3 is 2.70 bits per heavy atom. The first kappa shape index (κ1) is 18.0. The summed E-state index contributed by atoms with van der Waals surface area (Å²) in [5.74, 6) is 0.677. The molecule has 4 aromatic rings. The maximum Gasteiger partial charge on any atom is 0.362 e. The summed E-state index contributed by atoms with van der Waals surface area (Å²) in [6.07, 6.45) is 3.20. The van der Waals surface area contributed by atoms with Crippen LogP contribution in [-0.2, 0) is 17.8 Å². The summed E-state index contributed by atoms with van der Waals surface area (Å²) in [4.78, 5) is 0. The first-order valence-corrected chi connectivity index (χ1v) is 10.5. The quantitative estimate of drug-likeness (QED) is 0.438. The van der Waals surface area contributed by atoms with Gasteiger partial charge in [0, 0.05) is 21.2 Å². The van der Waals surface area contributed by atoms with Crippen molar-refractivity contribution >= 4 is 32.6 Å². The molecule has 2 aromatic heterocycles. The minimum absolute atomic E-state index is 0.308. The lowest BCUT2D eigenvalue weighted by atomic mass is 10.1. The maximum absolute atomic E-state index is 11.9. The van der Waals surface area contributed by atoms with E-state index in [4.69, 9.17) is 4.74 Å². The molecule has 0 N–H and O–H groups in total. The van der Waals surface area contributed by atoms with Crippen molar-refractivity contribution in [3.05, 3.63) is 70.8 Å². The average molecular weight is 443 g/mol. The molecular formula is C19H15BrN4O2S. The zero-order chi connectivity index (χ0) is 18.8. The molecule has 0 saturated heterocycles. The van der Waals surface area contributed by atoms with E-state index in [0.29, 0.717) is 23.2 Å². The van der Waals surface area contributed by atoms with Crippen LogP contribution in [0.1, 0.15) is 5.56 Å². The molecule has 0 radical (unpaired) electrons. The average Bonchev–Trinajstić information content (AvgIpc) is 3.16. The summed E-state index contributed by atoms with van der Waals surface area (Å²) in [6.45, 7) is 0.435. The topological polar surface area (TPSA) is 75.4 Å². The largest absolute Gasteiger partial charge is 0.609 e. The molecule has 0 saturated carbocycles. The highest BCUT2D eigenvalue weighted by molar-refractivity contribution is 9.10. The van der Waals surface area contributed by atoms with E-state index in [1.165, 1.54) is 0 Å². The van der Waals surface area contributed by atoms with Gasteiger partial charge in [-0.05, 0) is 29.8 Å². The smallest absolute Gasteiger partial charge is 0.362 e. The Kier molecular flexibility index (Phi) is 5.11. The second-order valence-corrected chi connectivity index (χ2v) is 8.02. The van der Waals surface area contributed by atoms with Crippen molar-refractivity contribution in [2.24, 2.45) is 0 Å². The van der Waals surface area contributed by atoms with Gasteiger partial charge in [0.25, 0.3) is 0 Å². The van der Waals surface area contributed by atoms with Gasteiger partial charge in [0.15, 0.2) is 0 Å². The molecule has 0 amide bonds. The molecule has 0 bridgehead atoms. The van der Waals surface area contributed by atoms with Crippen LogP contribution in [0, 0.1) is 0 Å². The second-order valence-electron chi connectivity index (χ2n) is 5.83. The first-order valence-electron chi connectivity index (χ1n) is 8.14. The summed E-state index contributed by atoms with van der Waals surface area (Å²) in [5, 5.41) is 13.0. The Bertz CT molecular complexity index is 1090. The third-order valence-corrected chi connectivity index (χ3v) is 5.26. The van der Waals surface area contributed by atoms with E-state index in [1.807, 2.05) is 54.6 Å². The summed E-state index contributed by atoms with van der Waals surface area (Å²) < 4.78 is 20.4. The molecule has 2 heterocycles. The number of ether oxygens (including phenoxy) is 1. The van der Waals surface area contributed by atoms with Crippen molar-refractivity contribution in [1.29, 1.82) is 0 Å². The molecule has 0 aliphatic heterocycles. The van der Waals surface area contributed by atoms with Crippen LogP contribution >= 0.6 is 15.9 Å².